The highest BCUT2D eigenvalue weighted by Crippen LogP contribution is 2.58. The van der Waals surface area contributed by atoms with E-state index in [4.69, 9.17) is 0 Å². The lowest BCUT2D eigenvalue weighted by molar-refractivity contribution is 1.30. The molecule has 0 bridgehead atoms. The van der Waals surface area contributed by atoms with Crippen LogP contribution in [0.4, 0.5) is 0 Å². The first-order valence-electron chi connectivity index (χ1n) is 9.76. The molecule has 0 aliphatic carbocycles. The van der Waals surface area contributed by atoms with Crippen LogP contribution in [-0.2, 0) is 6.16 Å². The van der Waals surface area contributed by atoms with Gasteiger partial charge in [0.05, 0.1) is 23.3 Å². The van der Waals surface area contributed by atoms with E-state index in [1.165, 1.54) is 15.9 Å². The maximum absolute atomic E-state index is 9.80. The lowest BCUT2D eigenvalue weighted by Crippen LogP contribution is -2.32. The highest BCUT2D eigenvalue weighted by atomic mass is 31.2. The Morgan fingerprint density at radius 1 is 0.500 bits per heavy atom. The van der Waals surface area contributed by atoms with Gasteiger partial charge in [-0.1, -0.05) is 60.7 Å². The summed E-state index contributed by atoms with van der Waals surface area (Å²) < 4.78 is 0. The molecular weight excluding hydrogens is 383 g/mol. The van der Waals surface area contributed by atoms with Crippen LogP contribution in [-0.4, -0.2) is 0 Å². The van der Waals surface area contributed by atoms with E-state index in [0.29, 0.717) is 17.3 Å². The summed E-state index contributed by atoms with van der Waals surface area (Å²) in [6, 6.07) is 41.6. The van der Waals surface area contributed by atoms with E-state index in [9.17, 15) is 10.5 Å². The van der Waals surface area contributed by atoms with Gasteiger partial charge in [0.15, 0.2) is 0 Å². The molecule has 4 aromatic carbocycles. The van der Waals surface area contributed by atoms with E-state index in [-0.39, 0.29) is 0 Å². The second-order valence-corrected chi connectivity index (χ2v) is 10.5. The van der Waals surface area contributed by atoms with Crippen molar-refractivity contribution in [3.8, 4) is 12.1 Å². The molecule has 3 heteroatoms. The molecule has 4 rings (SSSR count). The Morgan fingerprint density at radius 2 is 0.867 bits per heavy atom. The standard InChI is InChI=1S/C27H20N2P/c28-19-22-11-10-12-23(20-29)27(22)21-30(24-13-4-1-5-14-24,25-15-6-2-7-16-25)26-17-8-3-9-18-26/h1-18H,21H2/q+1. The fourth-order valence-corrected chi connectivity index (χ4v) is 8.27. The maximum atomic E-state index is 9.80. The lowest BCUT2D eigenvalue weighted by atomic mass is 10.0. The highest BCUT2D eigenvalue weighted by molar-refractivity contribution is 7.95. The molecule has 2 nitrogen and oxygen atoms in total. The normalized spacial score (nSPS) is 10.7. The van der Waals surface area contributed by atoms with Gasteiger partial charge in [0.2, 0.25) is 0 Å². The third kappa shape index (κ3) is 3.51. The smallest absolute Gasteiger partial charge is 0.116 e. The van der Waals surface area contributed by atoms with E-state index in [0.717, 1.165) is 5.56 Å². The monoisotopic (exact) mass is 403 g/mol. The summed E-state index contributed by atoms with van der Waals surface area (Å²) in [5.74, 6) is 0. The van der Waals surface area contributed by atoms with Gasteiger partial charge in [-0.2, -0.15) is 10.5 Å². The van der Waals surface area contributed by atoms with E-state index < -0.39 is 7.26 Å². The molecule has 0 aliphatic heterocycles. The van der Waals surface area contributed by atoms with Crippen LogP contribution in [0.25, 0.3) is 0 Å². The number of nitrogens with zero attached hydrogens (tertiary/aromatic N) is 2. The van der Waals surface area contributed by atoms with Gasteiger partial charge in [0.25, 0.3) is 0 Å². The predicted octanol–water partition coefficient (Wildman–Crippen LogP) is 4.92. The van der Waals surface area contributed by atoms with Crippen LogP contribution in [0.1, 0.15) is 16.7 Å². The van der Waals surface area contributed by atoms with Crippen molar-refractivity contribution in [3.05, 3.63) is 126 Å². The van der Waals surface area contributed by atoms with Crippen LogP contribution in [0.15, 0.2) is 109 Å². The number of benzene rings is 4. The molecule has 0 aromatic heterocycles. The lowest BCUT2D eigenvalue weighted by Gasteiger charge is -2.28. The summed E-state index contributed by atoms with van der Waals surface area (Å²) in [6.07, 6.45) is 0.623. The number of hydrogen-bond acceptors (Lipinski definition) is 2. The van der Waals surface area contributed by atoms with E-state index in [1.54, 1.807) is 6.07 Å². The van der Waals surface area contributed by atoms with Crippen LogP contribution >= 0.6 is 7.26 Å². The Hall–Kier alpha value is -3.71. The van der Waals surface area contributed by atoms with Crippen molar-refractivity contribution in [1.29, 1.82) is 10.5 Å². The molecule has 0 amide bonds. The summed E-state index contributed by atoms with van der Waals surface area (Å²) in [6.45, 7) is 0. The third-order valence-electron chi connectivity index (χ3n) is 5.40. The largest absolute Gasteiger partial charge is 0.192 e. The van der Waals surface area contributed by atoms with Gasteiger partial charge in [-0.15, -0.1) is 0 Å². The Labute approximate surface area is 178 Å². The van der Waals surface area contributed by atoms with Gasteiger partial charge in [-0.25, -0.2) is 0 Å². The quantitative estimate of drug-likeness (QED) is 0.444. The molecule has 0 heterocycles. The summed E-state index contributed by atoms with van der Waals surface area (Å²) in [5.41, 5.74) is 1.97. The first kappa shape index (κ1) is 19.6. The number of hydrogen-bond donors (Lipinski definition) is 0. The van der Waals surface area contributed by atoms with Crippen molar-refractivity contribution in [2.24, 2.45) is 0 Å². The van der Waals surface area contributed by atoms with Crippen molar-refractivity contribution in [2.75, 3.05) is 0 Å². The van der Waals surface area contributed by atoms with Crippen molar-refractivity contribution in [2.45, 2.75) is 6.16 Å². The molecule has 0 aliphatic rings. The van der Waals surface area contributed by atoms with Crippen LogP contribution in [0.5, 0.6) is 0 Å². The Bertz CT molecular complexity index is 1090. The average molecular weight is 403 g/mol. The van der Waals surface area contributed by atoms with Crippen molar-refractivity contribution >= 4 is 23.2 Å². The van der Waals surface area contributed by atoms with Gasteiger partial charge < -0.3 is 0 Å². The van der Waals surface area contributed by atoms with Crippen molar-refractivity contribution in [1.82, 2.24) is 0 Å². The second kappa shape index (κ2) is 8.75. The SMILES string of the molecule is N#Cc1cccc(C#N)c1C[P+](c1ccccc1)(c1ccccc1)c1ccccc1. The van der Waals surface area contributed by atoms with Crippen molar-refractivity contribution < 1.29 is 0 Å². The maximum Gasteiger partial charge on any atom is 0.116 e. The van der Waals surface area contributed by atoms with Crippen LogP contribution in [0.2, 0.25) is 0 Å². The minimum Gasteiger partial charge on any atom is -0.192 e. The summed E-state index contributed by atoms with van der Waals surface area (Å²) in [4.78, 5) is 0. The number of nitriles is 2. The van der Waals surface area contributed by atoms with Gasteiger partial charge in [-0.3, -0.25) is 0 Å². The second-order valence-electron chi connectivity index (χ2n) is 7.03. The third-order valence-corrected chi connectivity index (χ3v) is 9.73. The topological polar surface area (TPSA) is 47.6 Å². The van der Waals surface area contributed by atoms with Gasteiger partial charge in [-0.05, 0) is 48.5 Å². The molecular formula is C27H20N2P+. The average Bonchev–Trinajstić information content (AvgIpc) is 2.84. The molecule has 4 aromatic rings. The van der Waals surface area contributed by atoms with Gasteiger partial charge in [0, 0.05) is 5.56 Å². The molecule has 0 N–H and O–H groups in total. The molecule has 142 valence electrons. The highest BCUT2D eigenvalue weighted by Gasteiger charge is 2.46. The molecule has 0 spiro atoms. The predicted molar refractivity (Wildman–Crippen MR) is 125 cm³/mol. The van der Waals surface area contributed by atoms with E-state index in [1.807, 2.05) is 30.3 Å². The molecule has 0 unspecified atom stereocenters. The zero-order valence-corrected chi connectivity index (χ0v) is 17.3. The van der Waals surface area contributed by atoms with Crippen LogP contribution in [0, 0.1) is 22.7 Å². The fraction of sp³-hybridized carbons (Fsp3) is 0.0370. The minimum absolute atomic E-state index is 0.571. The van der Waals surface area contributed by atoms with E-state index in [2.05, 4.69) is 84.9 Å². The van der Waals surface area contributed by atoms with Gasteiger partial charge in [0.1, 0.15) is 29.3 Å². The zero-order valence-electron chi connectivity index (χ0n) is 16.4. The van der Waals surface area contributed by atoms with Crippen molar-refractivity contribution in [3.63, 3.8) is 0 Å². The number of rotatable bonds is 5. The molecule has 0 atom stereocenters. The molecule has 0 saturated carbocycles. The van der Waals surface area contributed by atoms with E-state index >= 15 is 0 Å². The summed E-state index contributed by atoms with van der Waals surface area (Å²) in [5, 5.41) is 23.3. The Morgan fingerprint density at radius 3 is 1.20 bits per heavy atom. The summed E-state index contributed by atoms with van der Waals surface area (Å²) >= 11 is 0. The molecule has 0 fully saturated rings. The minimum atomic E-state index is -2.16. The fourth-order valence-electron chi connectivity index (χ4n) is 3.97. The summed E-state index contributed by atoms with van der Waals surface area (Å²) in [7, 11) is -2.16. The first-order chi connectivity index (χ1) is 14.8. The molecule has 0 saturated heterocycles. The first-order valence-corrected chi connectivity index (χ1v) is 11.7. The van der Waals surface area contributed by atoms with Crippen LogP contribution in [0.3, 0.4) is 0 Å². The Kier molecular flexibility index (Phi) is 5.72. The molecule has 0 radical (unpaired) electrons. The van der Waals surface area contributed by atoms with Crippen LogP contribution < -0.4 is 15.9 Å². The zero-order chi connectivity index (χ0) is 20.8. The Balaban J connectivity index is 2.08. The van der Waals surface area contributed by atoms with Gasteiger partial charge >= 0.3 is 0 Å². The molecule has 30 heavy (non-hydrogen) atoms.